The van der Waals surface area contributed by atoms with Gasteiger partial charge in [0, 0.05) is 10.9 Å². The smallest absolute Gasteiger partial charge is 0.262 e. The number of nitrogens with one attached hydrogen (secondary N) is 1. The summed E-state index contributed by atoms with van der Waals surface area (Å²) in [5, 5.41) is 5.32. The molecular formula is C19H14N4O2. The molecule has 6 nitrogen and oxygen atoms in total. The van der Waals surface area contributed by atoms with Crippen LogP contribution in [0, 0.1) is 0 Å². The number of benzene rings is 2. The van der Waals surface area contributed by atoms with Gasteiger partial charge in [0.15, 0.2) is 0 Å². The summed E-state index contributed by atoms with van der Waals surface area (Å²) in [4.78, 5) is 26.5. The summed E-state index contributed by atoms with van der Waals surface area (Å²) < 4.78 is 1.66. The Hall–Kier alpha value is -3.67. The summed E-state index contributed by atoms with van der Waals surface area (Å²) in [5.41, 5.74) is 7.57. The summed E-state index contributed by atoms with van der Waals surface area (Å²) in [6.45, 7) is 0. The normalized spacial score (nSPS) is 10.9. The van der Waals surface area contributed by atoms with Crippen LogP contribution >= 0.6 is 0 Å². The molecular weight excluding hydrogens is 316 g/mol. The van der Waals surface area contributed by atoms with E-state index in [-0.39, 0.29) is 5.56 Å². The van der Waals surface area contributed by atoms with Crippen LogP contribution in [0.3, 0.4) is 0 Å². The molecule has 6 heteroatoms. The Labute approximate surface area is 142 Å². The molecule has 2 heterocycles. The summed E-state index contributed by atoms with van der Waals surface area (Å²) in [5.74, 6) is -0.769. The standard InChI is InChI=1S/C19H14N4O2/c20-17(24)15-11-14-16(12-7-3-1-4-8-12)22-23(18(14)21-19(15)25)13-9-5-2-6-10-13/h1-11H,(H2,20,24)(H,21,25). The first-order chi connectivity index (χ1) is 12.1. The number of H-pyrrole nitrogens is 1. The van der Waals surface area contributed by atoms with Gasteiger partial charge in [0.25, 0.3) is 11.5 Å². The van der Waals surface area contributed by atoms with E-state index in [4.69, 9.17) is 5.73 Å². The number of pyridine rings is 1. The Balaban J connectivity index is 2.09. The van der Waals surface area contributed by atoms with Crippen molar-refractivity contribution in [3.8, 4) is 16.9 Å². The second-order valence-electron chi connectivity index (χ2n) is 5.60. The van der Waals surface area contributed by atoms with E-state index in [1.807, 2.05) is 60.7 Å². The first-order valence-corrected chi connectivity index (χ1v) is 7.72. The highest BCUT2D eigenvalue weighted by Gasteiger charge is 2.18. The molecule has 0 saturated heterocycles. The van der Waals surface area contributed by atoms with E-state index in [1.54, 1.807) is 4.68 Å². The number of nitrogens with zero attached hydrogens (tertiary/aromatic N) is 2. The Morgan fingerprint density at radius 2 is 1.64 bits per heavy atom. The number of hydrogen-bond acceptors (Lipinski definition) is 3. The van der Waals surface area contributed by atoms with Gasteiger partial charge in [0.05, 0.1) is 5.69 Å². The van der Waals surface area contributed by atoms with E-state index in [2.05, 4.69) is 10.1 Å². The topological polar surface area (TPSA) is 93.8 Å². The lowest BCUT2D eigenvalue weighted by Gasteiger charge is -2.02. The van der Waals surface area contributed by atoms with Crippen LogP contribution in [0.1, 0.15) is 10.4 Å². The molecule has 0 radical (unpaired) electrons. The Morgan fingerprint density at radius 3 is 2.28 bits per heavy atom. The van der Waals surface area contributed by atoms with Gasteiger partial charge in [-0.15, -0.1) is 0 Å². The minimum absolute atomic E-state index is 0.0858. The maximum Gasteiger partial charge on any atom is 0.262 e. The van der Waals surface area contributed by atoms with Gasteiger partial charge in [0.1, 0.15) is 16.9 Å². The fourth-order valence-electron chi connectivity index (χ4n) is 2.82. The van der Waals surface area contributed by atoms with E-state index in [1.165, 1.54) is 6.07 Å². The van der Waals surface area contributed by atoms with Crippen LogP contribution in [-0.2, 0) is 0 Å². The fraction of sp³-hybridized carbons (Fsp3) is 0. The molecule has 1 amide bonds. The average Bonchev–Trinajstić information content (AvgIpc) is 3.00. The van der Waals surface area contributed by atoms with Crippen LogP contribution in [-0.4, -0.2) is 20.7 Å². The number of amides is 1. The summed E-state index contributed by atoms with van der Waals surface area (Å²) in [7, 11) is 0. The summed E-state index contributed by atoms with van der Waals surface area (Å²) >= 11 is 0. The van der Waals surface area contributed by atoms with Crippen molar-refractivity contribution in [1.82, 2.24) is 14.8 Å². The third kappa shape index (κ3) is 2.49. The number of carbonyl (C=O) groups excluding carboxylic acids is 1. The molecule has 4 aromatic rings. The minimum atomic E-state index is -0.769. The van der Waals surface area contributed by atoms with E-state index in [0.717, 1.165) is 11.3 Å². The highest BCUT2D eigenvalue weighted by molar-refractivity contribution is 5.99. The lowest BCUT2D eigenvalue weighted by atomic mass is 10.1. The average molecular weight is 330 g/mol. The van der Waals surface area contributed by atoms with Gasteiger partial charge in [-0.25, -0.2) is 4.68 Å². The molecule has 0 aliphatic carbocycles. The number of para-hydroxylation sites is 1. The molecule has 0 spiro atoms. The first-order valence-electron chi connectivity index (χ1n) is 7.72. The van der Waals surface area contributed by atoms with Crippen molar-refractivity contribution in [3.05, 3.63) is 82.6 Å². The number of aromatic amines is 1. The molecule has 122 valence electrons. The zero-order valence-electron chi connectivity index (χ0n) is 13.1. The number of nitrogens with two attached hydrogens (primary N) is 1. The fourth-order valence-corrected chi connectivity index (χ4v) is 2.82. The highest BCUT2D eigenvalue weighted by atomic mass is 16.2. The van der Waals surface area contributed by atoms with Crippen molar-refractivity contribution in [2.45, 2.75) is 0 Å². The molecule has 2 aromatic carbocycles. The van der Waals surface area contributed by atoms with E-state index >= 15 is 0 Å². The Morgan fingerprint density at radius 1 is 1.00 bits per heavy atom. The maximum atomic E-state index is 12.2. The Bertz CT molecular complexity index is 1130. The molecule has 0 atom stereocenters. The van der Waals surface area contributed by atoms with Crippen molar-refractivity contribution >= 4 is 16.9 Å². The summed E-state index contributed by atoms with van der Waals surface area (Å²) in [6.07, 6.45) is 0. The lowest BCUT2D eigenvalue weighted by molar-refractivity contribution is 0.0999. The maximum absolute atomic E-state index is 12.2. The predicted octanol–water partition coefficient (Wildman–Crippen LogP) is 2.48. The molecule has 0 aliphatic rings. The van der Waals surface area contributed by atoms with E-state index < -0.39 is 11.5 Å². The summed E-state index contributed by atoms with van der Waals surface area (Å²) in [6, 6.07) is 20.5. The third-order valence-corrected chi connectivity index (χ3v) is 4.00. The van der Waals surface area contributed by atoms with Crippen LogP contribution in [0.15, 0.2) is 71.5 Å². The lowest BCUT2D eigenvalue weighted by Crippen LogP contribution is -2.23. The van der Waals surface area contributed by atoms with Gasteiger partial charge in [0.2, 0.25) is 0 Å². The SMILES string of the molecule is NC(=O)c1cc2c(-c3ccccc3)nn(-c3ccccc3)c2[nH]c1=O. The van der Waals surface area contributed by atoms with Crippen LogP contribution in [0.2, 0.25) is 0 Å². The molecule has 25 heavy (non-hydrogen) atoms. The number of rotatable bonds is 3. The number of primary amides is 1. The zero-order chi connectivity index (χ0) is 17.4. The monoisotopic (exact) mass is 330 g/mol. The number of hydrogen-bond donors (Lipinski definition) is 2. The molecule has 0 bridgehead atoms. The van der Waals surface area contributed by atoms with Crippen LogP contribution < -0.4 is 11.3 Å². The van der Waals surface area contributed by atoms with Gasteiger partial charge in [-0.3, -0.25) is 9.59 Å². The molecule has 0 saturated carbocycles. The molecule has 4 rings (SSSR count). The van der Waals surface area contributed by atoms with Crippen LogP contribution in [0.25, 0.3) is 28.0 Å². The second kappa shape index (κ2) is 5.76. The van der Waals surface area contributed by atoms with Gasteiger partial charge in [-0.05, 0) is 18.2 Å². The van der Waals surface area contributed by atoms with Crippen molar-refractivity contribution in [2.75, 3.05) is 0 Å². The van der Waals surface area contributed by atoms with Crippen LogP contribution in [0.4, 0.5) is 0 Å². The largest absolute Gasteiger partial charge is 0.365 e. The molecule has 2 aromatic heterocycles. The molecule has 0 aliphatic heterocycles. The minimum Gasteiger partial charge on any atom is -0.365 e. The molecule has 3 N–H and O–H groups in total. The zero-order valence-corrected chi connectivity index (χ0v) is 13.1. The number of aromatic nitrogens is 3. The van der Waals surface area contributed by atoms with Crippen LogP contribution in [0.5, 0.6) is 0 Å². The number of carbonyl (C=O) groups is 1. The van der Waals surface area contributed by atoms with Gasteiger partial charge in [-0.2, -0.15) is 5.10 Å². The van der Waals surface area contributed by atoms with Gasteiger partial charge in [-0.1, -0.05) is 48.5 Å². The van der Waals surface area contributed by atoms with Crippen molar-refractivity contribution < 1.29 is 4.79 Å². The molecule has 0 unspecified atom stereocenters. The number of fused-ring (bicyclic) bond motifs is 1. The van der Waals surface area contributed by atoms with E-state index in [9.17, 15) is 9.59 Å². The van der Waals surface area contributed by atoms with Gasteiger partial charge < -0.3 is 10.7 Å². The Kier molecular flexibility index (Phi) is 3.43. The predicted molar refractivity (Wildman–Crippen MR) is 95.6 cm³/mol. The quantitative estimate of drug-likeness (QED) is 0.604. The van der Waals surface area contributed by atoms with Gasteiger partial charge >= 0.3 is 0 Å². The first kappa shape index (κ1) is 14.9. The third-order valence-electron chi connectivity index (χ3n) is 4.00. The highest BCUT2D eigenvalue weighted by Crippen LogP contribution is 2.28. The van der Waals surface area contributed by atoms with Crippen molar-refractivity contribution in [3.63, 3.8) is 0 Å². The van der Waals surface area contributed by atoms with E-state index in [0.29, 0.717) is 16.7 Å². The molecule has 0 fully saturated rings. The second-order valence-corrected chi connectivity index (χ2v) is 5.60. The van der Waals surface area contributed by atoms with Crippen molar-refractivity contribution in [2.24, 2.45) is 5.73 Å². The van der Waals surface area contributed by atoms with Crippen molar-refractivity contribution in [1.29, 1.82) is 0 Å².